The second kappa shape index (κ2) is 5.88. The number of nitrogens with zero attached hydrogens (tertiary/aromatic N) is 1. The molecule has 20 heavy (non-hydrogen) atoms. The highest BCUT2D eigenvalue weighted by Crippen LogP contribution is 2.36. The van der Waals surface area contributed by atoms with Gasteiger partial charge in [0.2, 0.25) is 0 Å². The first-order valence-electron chi connectivity index (χ1n) is 7.70. The maximum Gasteiger partial charge on any atom is 0.253 e. The first kappa shape index (κ1) is 14.1. The van der Waals surface area contributed by atoms with Gasteiger partial charge in [0.25, 0.3) is 5.91 Å². The van der Waals surface area contributed by atoms with E-state index in [1.165, 1.54) is 32.1 Å². The number of likely N-dealkylation sites (tertiary alicyclic amines) is 1. The lowest BCUT2D eigenvalue weighted by molar-refractivity contribution is 0.0521. The maximum atomic E-state index is 12.7. The first-order chi connectivity index (χ1) is 9.63. The van der Waals surface area contributed by atoms with E-state index in [0.717, 1.165) is 40.5 Å². The summed E-state index contributed by atoms with van der Waals surface area (Å²) in [4.78, 5) is 14.8. The van der Waals surface area contributed by atoms with Crippen LogP contribution in [0.2, 0.25) is 0 Å². The molecule has 2 unspecified atom stereocenters. The van der Waals surface area contributed by atoms with Crippen molar-refractivity contribution in [2.24, 2.45) is 11.8 Å². The normalized spacial score (nSPS) is 26.2. The fourth-order valence-electron chi connectivity index (χ4n) is 3.83. The number of fused-ring (bicyclic) bond motifs is 1. The van der Waals surface area contributed by atoms with Gasteiger partial charge in [0, 0.05) is 23.1 Å². The van der Waals surface area contributed by atoms with Crippen LogP contribution in [0.15, 0.2) is 22.7 Å². The van der Waals surface area contributed by atoms with Crippen LogP contribution in [-0.2, 0) is 0 Å². The van der Waals surface area contributed by atoms with Gasteiger partial charge >= 0.3 is 0 Å². The third kappa shape index (κ3) is 2.93. The molecule has 108 valence electrons. The highest BCUT2D eigenvalue weighted by Gasteiger charge is 2.33. The Morgan fingerprint density at radius 1 is 1.15 bits per heavy atom. The number of halogens is 1. The van der Waals surface area contributed by atoms with Crippen molar-refractivity contribution in [1.29, 1.82) is 0 Å². The van der Waals surface area contributed by atoms with Crippen LogP contribution in [-0.4, -0.2) is 23.9 Å². The van der Waals surface area contributed by atoms with E-state index >= 15 is 0 Å². The summed E-state index contributed by atoms with van der Waals surface area (Å²) in [7, 11) is 0. The highest BCUT2D eigenvalue weighted by atomic mass is 79.9. The summed E-state index contributed by atoms with van der Waals surface area (Å²) in [6.07, 6.45) is 6.62. The van der Waals surface area contributed by atoms with Crippen molar-refractivity contribution in [3.63, 3.8) is 0 Å². The van der Waals surface area contributed by atoms with Gasteiger partial charge in [-0.1, -0.05) is 35.2 Å². The van der Waals surface area contributed by atoms with Crippen LogP contribution < -0.4 is 0 Å². The molecule has 0 spiro atoms. The van der Waals surface area contributed by atoms with Gasteiger partial charge in [-0.3, -0.25) is 4.79 Å². The third-order valence-corrected chi connectivity index (χ3v) is 5.33. The predicted octanol–water partition coefficient (Wildman–Crippen LogP) is 4.41. The Bertz CT molecular complexity index is 493. The topological polar surface area (TPSA) is 20.3 Å². The van der Waals surface area contributed by atoms with Crippen LogP contribution in [0.1, 0.15) is 48.0 Å². The lowest BCUT2D eigenvalue weighted by Crippen LogP contribution is -2.44. The Labute approximate surface area is 129 Å². The number of amides is 1. The molecule has 2 fully saturated rings. The Morgan fingerprint density at radius 3 is 2.65 bits per heavy atom. The van der Waals surface area contributed by atoms with Gasteiger partial charge < -0.3 is 4.90 Å². The number of piperidine rings is 1. The molecular weight excluding hydrogens is 314 g/mol. The van der Waals surface area contributed by atoms with Crippen molar-refractivity contribution in [2.75, 3.05) is 13.1 Å². The van der Waals surface area contributed by atoms with Crippen molar-refractivity contribution in [3.8, 4) is 0 Å². The monoisotopic (exact) mass is 335 g/mol. The summed E-state index contributed by atoms with van der Waals surface area (Å²) in [5.74, 6) is 1.82. The van der Waals surface area contributed by atoms with Crippen LogP contribution in [0.5, 0.6) is 0 Å². The molecule has 1 heterocycles. The van der Waals surface area contributed by atoms with Crippen LogP contribution >= 0.6 is 15.9 Å². The number of aryl methyl sites for hydroxylation is 1. The maximum absolute atomic E-state index is 12.7. The minimum atomic E-state index is 0.207. The largest absolute Gasteiger partial charge is 0.338 e. The highest BCUT2D eigenvalue weighted by molar-refractivity contribution is 9.10. The molecule has 0 bridgehead atoms. The van der Waals surface area contributed by atoms with Crippen molar-refractivity contribution < 1.29 is 4.79 Å². The fraction of sp³-hybridized carbons (Fsp3) is 0.588. The molecule has 1 saturated carbocycles. The van der Waals surface area contributed by atoms with Crippen molar-refractivity contribution in [1.82, 2.24) is 4.90 Å². The van der Waals surface area contributed by atoms with E-state index < -0.39 is 0 Å². The van der Waals surface area contributed by atoms with Crippen LogP contribution in [0.25, 0.3) is 0 Å². The molecule has 1 aliphatic heterocycles. The zero-order valence-corrected chi connectivity index (χ0v) is 13.7. The smallest absolute Gasteiger partial charge is 0.253 e. The molecule has 0 aromatic heterocycles. The Balaban J connectivity index is 1.74. The zero-order chi connectivity index (χ0) is 14.1. The Hall–Kier alpha value is -0.830. The first-order valence-corrected chi connectivity index (χ1v) is 8.49. The van der Waals surface area contributed by atoms with Crippen molar-refractivity contribution in [3.05, 3.63) is 33.8 Å². The number of carbonyl (C=O) groups excluding carboxylic acids is 1. The van der Waals surface area contributed by atoms with Crippen LogP contribution in [0.3, 0.4) is 0 Å². The Morgan fingerprint density at radius 2 is 1.90 bits per heavy atom. The van der Waals surface area contributed by atoms with Gasteiger partial charge in [-0.15, -0.1) is 0 Å². The number of benzene rings is 1. The van der Waals surface area contributed by atoms with Crippen LogP contribution in [0.4, 0.5) is 0 Å². The molecule has 1 aromatic carbocycles. The molecule has 2 aliphatic rings. The Kier molecular flexibility index (Phi) is 4.16. The summed E-state index contributed by atoms with van der Waals surface area (Å²) in [5.41, 5.74) is 1.96. The number of hydrogen-bond acceptors (Lipinski definition) is 1. The molecule has 1 aliphatic carbocycles. The van der Waals surface area contributed by atoms with Crippen molar-refractivity contribution >= 4 is 21.8 Å². The second-order valence-electron chi connectivity index (χ2n) is 6.36. The van der Waals surface area contributed by atoms with Crippen molar-refractivity contribution in [2.45, 2.75) is 39.0 Å². The van der Waals surface area contributed by atoms with Gasteiger partial charge in [0.15, 0.2) is 0 Å². The van der Waals surface area contributed by atoms with E-state index in [1.54, 1.807) is 0 Å². The third-order valence-electron chi connectivity index (χ3n) is 4.87. The second-order valence-corrected chi connectivity index (χ2v) is 7.28. The summed E-state index contributed by atoms with van der Waals surface area (Å²) < 4.78 is 0.994. The fourth-order valence-corrected chi connectivity index (χ4v) is 4.44. The van der Waals surface area contributed by atoms with E-state index in [0.29, 0.717) is 0 Å². The quantitative estimate of drug-likeness (QED) is 0.744. The minimum Gasteiger partial charge on any atom is -0.338 e. The predicted molar refractivity (Wildman–Crippen MR) is 84.8 cm³/mol. The molecule has 0 radical (unpaired) electrons. The van der Waals surface area contributed by atoms with E-state index in [1.807, 2.05) is 25.1 Å². The SMILES string of the molecule is Cc1cc(Br)cc(C(=O)N2CCC3CCCCC3C2)c1. The number of hydrogen-bond donors (Lipinski definition) is 0. The molecule has 1 amide bonds. The number of rotatable bonds is 1. The molecular formula is C17H22BrNO. The van der Waals surface area contributed by atoms with E-state index in [4.69, 9.17) is 0 Å². The summed E-state index contributed by atoms with van der Waals surface area (Å²) in [5, 5.41) is 0. The average Bonchev–Trinajstić information content (AvgIpc) is 2.45. The number of carbonyl (C=O) groups is 1. The lowest BCUT2D eigenvalue weighted by atomic mass is 9.75. The molecule has 3 heteroatoms. The molecule has 1 saturated heterocycles. The minimum absolute atomic E-state index is 0.207. The van der Waals surface area contributed by atoms with Gasteiger partial charge in [0.05, 0.1) is 0 Å². The zero-order valence-electron chi connectivity index (χ0n) is 12.1. The van der Waals surface area contributed by atoms with E-state index in [-0.39, 0.29) is 5.91 Å². The van der Waals surface area contributed by atoms with Gasteiger partial charge in [-0.25, -0.2) is 0 Å². The molecule has 2 atom stereocenters. The van der Waals surface area contributed by atoms with Gasteiger partial charge in [-0.2, -0.15) is 0 Å². The van der Waals surface area contributed by atoms with E-state index in [9.17, 15) is 4.79 Å². The molecule has 0 N–H and O–H groups in total. The summed E-state index contributed by atoms with van der Waals surface area (Å²) in [6.45, 7) is 3.94. The van der Waals surface area contributed by atoms with Gasteiger partial charge in [-0.05, 0) is 55.4 Å². The average molecular weight is 336 g/mol. The standard InChI is InChI=1S/C17H22BrNO/c1-12-8-15(10-16(18)9-12)17(20)19-7-6-13-4-2-3-5-14(13)11-19/h8-10,13-14H,2-7,11H2,1H3. The molecule has 1 aromatic rings. The lowest BCUT2D eigenvalue weighted by Gasteiger charge is -2.41. The molecule has 3 rings (SSSR count). The van der Waals surface area contributed by atoms with E-state index in [2.05, 4.69) is 20.8 Å². The van der Waals surface area contributed by atoms with Crippen LogP contribution in [0, 0.1) is 18.8 Å². The summed E-state index contributed by atoms with van der Waals surface area (Å²) >= 11 is 3.49. The van der Waals surface area contributed by atoms with Gasteiger partial charge in [0.1, 0.15) is 0 Å². The summed E-state index contributed by atoms with van der Waals surface area (Å²) in [6, 6.07) is 5.99. The molecule has 2 nitrogen and oxygen atoms in total.